The fourth-order valence-corrected chi connectivity index (χ4v) is 4.35. The van der Waals surface area contributed by atoms with Crippen molar-refractivity contribution in [2.24, 2.45) is 0 Å². The van der Waals surface area contributed by atoms with Gasteiger partial charge in [0.15, 0.2) is 0 Å². The standard InChI is InChI=1S/C21H44O4S/c1-3-20(22)18-16-14-12-10-8-6-5-7-9-11-13-15-17-19-21(4-2)26(23,24)25/h20-22H,3-19H2,1-2H3,(H,23,24,25). The third kappa shape index (κ3) is 16.1. The molecule has 0 saturated carbocycles. The van der Waals surface area contributed by atoms with Gasteiger partial charge in [-0.2, -0.15) is 8.42 Å². The lowest BCUT2D eigenvalue weighted by molar-refractivity contribution is 0.156. The maximum absolute atomic E-state index is 11.1. The number of rotatable bonds is 19. The molecule has 0 amide bonds. The van der Waals surface area contributed by atoms with E-state index in [2.05, 4.69) is 0 Å². The van der Waals surface area contributed by atoms with E-state index in [-0.39, 0.29) is 6.10 Å². The zero-order chi connectivity index (χ0) is 19.7. The van der Waals surface area contributed by atoms with E-state index in [1.54, 1.807) is 0 Å². The summed E-state index contributed by atoms with van der Waals surface area (Å²) >= 11 is 0. The largest absolute Gasteiger partial charge is 0.393 e. The molecular formula is C21H44O4S. The molecule has 5 heteroatoms. The van der Waals surface area contributed by atoms with Gasteiger partial charge in [-0.25, -0.2) is 0 Å². The molecule has 0 rings (SSSR count). The van der Waals surface area contributed by atoms with Crippen LogP contribution >= 0.6 is 0 Å². The molecular weight excluding hydrogens is 348 g/mol. The molecule has 2 unspecified atom stereocenters. The van der Waals surface area contributed by atoms with Crippen LogP contribution in [0.2, 0.25) is 0 Å². The SMILES string of the molecule is CCC(O)CCCCCCCCCCCCCCCC(CC)S(=O)(=O)O. The molecule has 0 aromatic rings. The maximum atomic E-state index is 11.1. The van der Waals surface area contributed by atoms with Crippen molar-refractivity contribution in [1.29, 1.82) is 0 Å². The summed E-state index contributed by atoms with van der Waals surface area (Å²) in [5.74, 6) is 0. The Morgan fingerprint density at radius 2 is 0.962 bits per heavy atom. The molecule has 0 spiro atoms. The molecule has 0 aliphatic heterocycles. The Hall–Kier alpha value is -0.130. The normalized spacial score (nSPS) is 14.5. The molecule has 0 radical (unpaired) electrons. The second-order valence-corrected chi connectivity index (χ2v) is 9.48. The fourth-order valence-electron chi connectivity index (χ4n) is 3.46. The van der Waals surface area contributed by atoms with Gasteiger partial charge in [0.2, 0.25) is 0 Å². The lowest BCUT2D eigenvalue weighted by Crippen LogP contribution is -2.19. The molecule has 0 saturated heterocycles. The Labute approximate surface area is 162 Å². The van der Waals surface area contributed by atoms with E-state index in [9.17, 15) is 13.5 Å². The zero-order valence-electron chi connectivity index (χ0n) is 17.3. The summed E-state index contributed by atoms with van der Waals surface area (Å²) in [4.78, 5) is 0. The molecule has 158 valence electrons. The quantitative estimate of drug-likeness (QED) is 0.200. The van der Waals surface area contributed by atoms with Gasteiger partial charge in [-0.05, 0) is 25.7 Å². The van der Waals surface area contributed by atoms with Crippen LogP contribution in [0.1, 0.15) is 123 Å². The molecule has 0 aliphatic carbocycles. The van der Waals surface area contributed by atoms with Crippen LogP contribution in [-0.4, -0.2) is 29.4 Å². The van der Waals surface area contributed by atoms with Crippen molar-refractivity contribution in [3.63, 3.8) is 0 Å². The summed E-state index contributed by atoms with van der Waals surface area (Å²) in [6.45, 7) is 3.85. The highest BCUT2D eigenvalue weighted by Crippen LogP contribution is 2.16. The Bertz CT molecular complexity index is 395. The summed E-state index contributed by atoms with van der Waals surface area (Å²) in [6, 6.07) is 0. The monoisotopic (exact) mass is 392 g/mol. The van der Waals surface area contributed by atoms with Gasteiger partial charge in [0.1, 0.15) is 0 Å². The number of aliphatic hydroxyl groups is 1. The van der Waals surface area contributed by atoms with Crippen LogP contribution in [0.5, 0.6) is 0 Å². The van der Waals surface area contributed by atoms with Crippen LogP contribution in [0.25, 0.3) is 0 Å². The highest BCUT2D eigenvalue weighted by atomic mass is 32.2. The maximum Gasteiger partial charge on any atom is 0.267 e. The highest BCUT2D eigenvalue weighted by Gasteiger charge is 2.19. The van der Waals surface area contributed by atoms with Gasteiger partial charge in [-0.1, -0.05) is 97.3 Å². The Morgan fingerprint density at radius 3 is 1.27 bits per heavy atom. The first-order valence-corrected chi connectivity index (χ1v) is 12.6. The summed E-state index contributed by atoms with van der Waals surface area (Å²) < 4.78 is 31.3. The molecule has 0 aliphatic rings. The average molecular weight is 393 g/mol. The van der Waals surface area contributed by atoms with Gasteiger partial charge in [0.25, 0.3) is 10.1 Å². The molecule has 0 aromatic carbocycles. The summed E-state index contributed by atoms with van der Waals surface area (Å²) in [5, 5.41) is 8.91. The van der Waals surface area contributed by atoms with Crippen molar-refractivity contribution >= 4 is 10.1 Å². The van der Waals surface area contributed by atoms with Gasteiger partial charge < -0.3 is 5.11 Å². The van der Waals surface area contributed by atoms with Gasteiger partial charge in [-0.15, -0.1) is 0 Å². The fraction of sp³-hybridized carbons (Fsp3) is 1.00. The van der Waals surface area contributed by atoms with Crippen LogP contribution in [-0.2, 0) is 10.1 Å². The third-order valence-corrected chi connectivity index (χ3v) is 6.82. The topological polar surface area (TPSA) is 74.6 Å². The molecule has 4 nitrogen and oxygen atoms in total. The van der Waals surface area contributed by atoms with Crippen LogP contribution in [0.4, 0.5) is 0 Å². The Kier molecular flexibility index (Phi) is 16.9. The minimum Gasteiger partial charge on any atom is -0.393 e. The smallest absolute Gasteiger partial charge is 0.267 e. The Balaban J connectivity index is 3.25. The van der Waals surface area contributed by atoms with Crippen LogP contribution < -0.4 is 0 Å². The van der Waals surface area contributed by atoms with E-state index in [1.165, 1.54) is 64.2 Å². The van der Waals surface area contributed by atoms with Crippen LogP contribution in [0, 0.1) is 0 Å². The molecule has 0 aromatic heterocycles. The lowest BCUT2D eigenvalue weighted by atomic mass is 10.0. The number of unbranched alkanes of at least 4 members (excludes halogenated alkanes) is 12. The van der Waals surface area contributed by atoms with Crippen molar-refractivity contribution in [1.82, 2.24) is 0 Å². The lowest BCUT2D eigenvalue weighted by Gasteiger charge is -2.10. The van der Waals surface area contributed by atoms with Crippen molar-refractivity contribution in [3.8, 4) is 0 Å². The predicted molar refractivity (Wildman–Crippen MR) is 111 cm³/mol. The summed E-state index contributed by atoms with van der Waals surface area (Å²) in [7, 11) is -3.85. The van der Waals surface area contributed by atoms with Crippen LogP contribution in [0.15, 0.2) is 0 Å². The van der Waals surface area contributed by atoms with E-state index >= 15 is 0 Å². The number of aliphatic hydroxyl groups excluding tert-OH is 1. The average Bonchev–Trinajstić information content (AvgIpc) is 2.60. The summed E-state index contributed by atoms with van der Waals surface area (Å²) in [6.07, 6.45) is 18.9. The van der Waals surface area contributed by atoms with Gasteiger partial charge in [-0.3, -0.25) is 4.55 Å². The van der Waals surface area contributed by atoms with Gasteiger partial charge in [0.05, 0.1) is 11.4 Å². The second kappa shape index (κ2) is 17.0. The number of hydrogen-bond donors (Lipinski definition) is 2. The predicted octanol–water partition coefficient (Wildman–Crippen LogP) is 6.28. The van der Waals surface area contributed by atoms with E-state index in [0.717, 1.165) is 32.1 Å². The summed E-state index contributed by atoms with van der Waals surface area (Å²) in [5.41, 5.74) is 0. The van der Waals surface area contributed by atoms with Crippen molar-refractivity contribution in [2.75, 3.05) is 0 Å². The van der Waals surface area contributed by atoms with Crippen LogP contribution in [0.3, 0.4) is 0 Å². The molecule has 26 heavy (non-hydrogen) atoms. The first-order chi connectivity index (χ1) is 12.4. The van der Waals surface area contributed by atoms with E-state index in [1.807, 2.05) is 13.8 Å². The molecule has 0 heterocycles. The van der Waals surface area contributed by atoms with Crippen molar-refractivity contribution in [2.45, 2.75) is 134 Å². The second-order valence-electron chi connectivity index (χ2n) is 7.78. The molecule has 0 bridgehead atoms. The highest BCUT2D eigenvalue weighted by molar-refractivity contribution is 7.86. The van der Waals surface area contributed by atoms with E-state index < -0.39 is 15.4 Å². The first kappa shape index (κ1) is 25.9. The molecule has 2 N–H and O–H groups in total. The van der Waals surface area contributed by atoms with Gasteiger partial charge >= 0.3 is 0 Å². The van der Waals surface area contributed by atoms with Crippen molar-refractivity contribution < 1.29 is 18.1 Å². The molecule has 0 fully saturated rings. The number of hydrogen-bond acceptors (Lipinski definition) is 3. The van der Waals surface area contributed by atoms with E-state index in [0.29, 0.717) is 12.8 Å². The van der Waals surface area contributed by atoms with Gasteiger partial charge in [0, 0.05) is 0 Å². The Morgan fingerprint density at radius 1 is 0.615 bits per heavy atom. The minimum atomic E-state index is -3.85. The van der Waals surface area contributed by atoms with Crippen molar-refractivity contribution in [3.05, 3.63) is 0 Å². The molecule has 2 atom stereocenters. The third-order valence-electron chi connectivity index (χ3n) is 5.41. The first-order valence-electron chi connectivity index (χ1n) is 11.1. The zero-order valence-corrected chi connectivity index (χ0v) is 18.1. The minimum absolute atomic E-state index is 0.0919. The van der Waals surface area contributed by atoms with E-state index in [4.69, 9.17) is 4.55 Å².